The molecular weight excluding hydrogens is 216 g/mol. The molecule has 3 heteroatoms. The minimum Gasteiger partial charge on any atom is -0.316 e. The summed E-state index contributed by atoms with van der Waals surface area (Å²) >= 11 is 1.78. The number of hydrogen-bond donors (Lipinski definition) is 1. The Morgan fingerprint density at radius 3 is 2.88 bits per heavy atom. The zero-order valence-electron chi connectivity index (χ0n) is 10.0. The van der Waals surface area contributed by atoms with Crippen molar-refractivity contribution < 1.29 is 0 Å². The third-order valence-corrected chi connectivity index (χ3v) is 3.93. The molecule has 0 bridgehead atoms. The van der Waals surface area contributed by atoms with Crippen molar-refractivity contribution in [1.29, 1.82) is 0 Å². The lowest BCUT2D eigenvalue weighted by molar-refractivity contribution is 0.422. The van der Waals surface area contributed by atoms with Crippen LogP contribution in [0.3, 0.4) is 0 Å². The van der Waals surface area contributed by atoms with Gasteiger partial charge in [0.05, 0.1) is 5.69 Å². The van der Waals surface area contributed by atoms with Gasteiger partial charge in [-0.2, -0.15) is 0 Å². The molecule has 1 atom stereocenters. The minimum atomic E-state index is 0.498. The van der Waals surface area contributed by atoms with Gasteiger partial charge in [0.15, 0.2) is 0 Å². The molecule has 0 spiro atoms. The SMILES string of the molecule is CNC(Cc1nccc2sccc12)C(C)C. The number of pyridine rings is 1. The van der Waals surface area contributed by atoms with Crippen LogP contribution in [0, 0.1) is 5.92 Å². The van der Waals surface area contributed by atoms with Crippen LogP contribution >= 0.6 is 11.3 Å². The Kier molecular flexibility index (Phi) is 3.56. The number of nitrogens with one attached hydrogen (secondary N) is 1. The molecule has 1 N–H and O–H groups in total. The summed E-state index contributed by atoms with van der Waals surface area (Å²) < 4.78 is 1.34. The maximum atomic E-state index is 4.52. The molecule has 2 aromatic heterocycles. The maximum absolute atomic E-state index is 4.52. The molecule has 2 rings (SSSR count). The van der Waals surface area contributed by atoms with Crippen molar-refractivity contribution >= 4 is 21.4 Å². The van der Waals surface area contributed by atoms with Gasteiger partial charge in [-0.1, -0.05) is 13.8 Å². The summed E-state index contributed by atoms with van der Waals surface area (Å²) in [7, 11) is 2.03. The summed E-state index contributed by atoms with van der Waals surface area (Å²) in [6, 6.07) is 4.76. The van der Waals surface area contributed by atoms with Crippen LogP contribution in [0.4, 0.5) is 0 Å². The first-order valence-electron chi connectivity index (χ1n) is 5.70. The summed E-state index contributed by atoms with van der Waals surface area (Å²) in [5.74, 6) is 0.626. The van der Waals surface area contributed by atoms with Crippen molar-refractivity contribution in [3.05, 3.63) is 29.4 Å². The van der Waals surface area contributed by atoms with Gasteiger partial charge in [-0.15, -0.1) is 11.3 Å². The quantitative estimate of drug-likeness (QED) is 0.879. The van der Waals surface area contributed by atoms with Crippen molar-refractivity contribution in [3.63, 3.8) is 0 Å². The predicted octanol–water partition coefficient (Wildman–Crippen LogP) is 3.08. The summed E-state index contributed by atoms with van der Waals surface area (Å²) in [4.78, 5) is 4.52. The van der Waals surface area contributed by atoms with Crippen molar-refractivity contribution in [3.8, 4) is 0 Å². The van der Waals surface area contributed by atoms with Crippen molar-refractivity contribution in [2.45, 2.75) is 26.3 Å². The molecule has 0 radical (unpaired) electrons. The molecule has 0 aliphatic heterocycles. The zero-order chi connectivity index (χ0) is 11.5. The average molecular weight is 234 g/mol. The average Bonchev–Trinajstić information content (AvgIpc) is 2.73. The van der Waals surface area contributed by atoms with E-state index in [1.54, 1.807) is 11.3 Å². The van der Waals surface area contributed by atoms with Crippen LogP contribution in [0.15, 0.2) is 23.7 Å². The monoisotopic (exact) mass is 234 g/mol. The Bertz CT molecular complexity index is 462. The fourth-order valence-corrected chi connectivity index (χ4v) is 2.80. The summed E-state index contributed by atoms with van der Waals surface area (Å²) in [5.41, 5.74) is 1.21. The van der Waals surface area contributed by atoms with Gasteiger partial charge in [0.2, 0.25) is 0 Å². The van der Waals surface area contributed by atoms with Crippen LogP contribution in [0.25, 0.3) is 10.1 Å². The van der Waals surface area contributed by atoms with Gasteiger partial charge in [-0.3, -0.25) is 4.98 Å². The van der Waals surface area contributed by atoms with E-state index in [0.29, 0.717) is 12.0 Å². The third kappa shape index (κ3) is 2.25. The van der Waals surface area contributed by atoms with Gasteiger partial charge < -0.3 is 5.32 Å². The molecule has 1 unspecified atom stereocenters. The predicted molar refractivity (Wildman–Crippen MR) is 71.0 cm³/mol. The van der Waals surface area contributed by atoms with Crippen LogP contribution in [0.5, 0.6) is 0 Å². The van der Waals surface area contributed by atoms with Gasteiger partial charge in [-0.25, -0.2) is 0 Å². The molecule has 0 fully saturated rings. The van der Waals surface area contributed by atoms with E-state index in [1.165, 1.54) is 15.8 Å². The van der Waals surface area contributed by atoms with E-state index in [0.717, 1.165) is 6.42 Å². The zero-order valence-corrected chi connectivity index (χ0v) is 10.8. The standard InChI is InChI=1S/C13H18N2S/c1-9(2)11(14-3)8-12-10-5-7-16-13(10)4-6-15-12/h4-7,9,11,14H,8H2,1-3H3. The van der Waals surface area contributed by atoms with Crippen molar-refractivity contribution in [1.82, 2.24) is 10.3 Å². The lowest BCUT2D eigenvalue weighted by Gasteiger charge is -2.19. The van der Waals surface area contributed by atoms with Crippen LogP contribution in [0.1, 0.15) is 19.5 Å². The summed E-state index contributed by atoms with van der Waals surface area (Å²) in [6.45, 7) is 4.49. The molecule has 86 valence electrons. The Labute approximate surface area is 101 Å². The fraction of sp³-hybridized carbons (Fsp3) is 0.462. The first-order valence-corrected chi connectivity index (χ1v) is 6.58. The Morgan fingerprint density at radius 1 is 1.38 bits per heavy atom. The topological polar surface area (TPSA) is 24.9 Å². The molecule has 0 amide bonds. The van der Waals surface area contributed by atoms with E-state index in [2.05, 4.69) is 41.7 Å². The molecule has 0 saturated heterocycles. The van der Waals surface area contributed by atoms with Gasteiger partial charge in [0, 0.05) is 28.7 Å². The first kappa shape index (κ1) is 11.6. The summed E-state index contributed by atoms with van der Waals surface area (Å²) in [5, 5.41) is 6.82. The van der Waals surface area contributed by atoms with E-state index in [9.17, 15) is 0 Å². The van der Waals surface area contributed by atoms with E-state index in [1.807, 2.05) is 13.2 Å². The summed E-state index contributed by atoms with van der Waals surface area (Å²) in [6.07, 6.45) is 2.92. The first-order chi connectivity index (χ1) is 7.72. The second-order valence-electron chi connectivity index (χ2n) is 4.43. The fourth-order valence-electron chi connectivity index (χ4n) is 1.99. The molecule has 0 saturated carbocycles. The van der Waals surface area contributed by atoms with E-state index in [4.69, 9.17) is 0 Å². The highest BCUT2D eigenvalue weighted by Gasteiger charge is 2.14. The smallest absolute Gasteiger partial charge is 0.0505 e. The van der Waals surface area contributed by atoms with Gasteiger partial charge >= 0.3 is 0 Å². The number of fused-ring (bicyclic) bond motifs is 1. The Hall–Kier alpha value is -0.930. The Morgan fingerprint density at radius 2 is 2.19 bits per heavy atom. The van der Waals surface area contributed by atoms with Crippen molar-refractivity contribution in [2.75, 3.05) is 7.05 Å². The second kappa shape index (κ2) is 4.93. The van der Waals surface area contributed by atoms with E-state index < -0.39 is 0 Å². The highest BCUT2D eigenvalue weighted by molar-refractivity contribution is 7.17. The number of thiophene rings is 1. The Balaban J connectivity index is 2.29. The molecule has 0 aliphatic rings. The largest absolute Gasteiger partial charge is 0.316 e. The number of hydrogen-bond acceptors (Lipinski definition) is 3. The van der Waals surface area contributed by atoms with Crippen molar-refractivity contribution in [2.24, 2.45) is 5.92 Å². The number of rotatable bonds is 4. The van der Waals surface area contributed by atoms with E-state index >= 15 is 0 Å². The lowest BCUT2D eigenvalue weighted by atomic mass is 9.98. The molecule has 2 aromatic rings. The molecule has 2 nitrogen and oxygen atoms in total. The molecule has 16 heavy (non-hydrogen) atoms. The maximum Gasteiger partial charge on any atom is 0.0505 e. The number of aromatic nitrogens is 1. The van der Waals surface area contributed by atoms with Gasteiger partial charge in [0.1, 0.15) is 0 Å². The van der Waals surface area contributed by atoms with Gasteiger partial charge in [0.25, 0.3) is 0 Å². The van der Waals surface area contributed by atoms with Gasteiger partial charge in [-0.05, 0) is 30.5 Å². The number of nitrogens with zero attached hydrogens (tertiary/aromatic N) is 1. The molecular formula is C13H18N2S. The highest BCUT2D eigenvalue weighted by Crippen LogP contribution is 2.24. The van der Waals surface area contributed by atoms with Crippen LogP contribution in [-0.4, -0.2) is 18.1 Å². The van der Waals surface area contributed by atoms with Crippen LogP contribution < -0.4 is 5.32 Å². The highest BCUT2D eigenvalue weighted by atomic mass is 32.1. The number of likely N-dealkylation sites (N-methyl/N-ethyl adjacent to an activating group) is 1. The second-order valence-corrected chi connectivity index (χ2v) is 5.38. The minimum absolute atomic E-state index is 0.498. The van der Waals surface area contributed by atoms with Crippen LogP contribution in [-0.2, 0) is 6.42 Å². The lowest BCUT2D eigenvalue weighted by Crippen LogP contribution is -2.33. The third-order valence-electron chi connectivity index (χ3n) is 3.05. The van der Waals surface area contributed by atoms with E-state index in [-0.39, 0.29) is 0 Å². The van der Waals surface area contributed by atoms with Crippen LogP contribution in [0.2, 0.25) is 0 Å². The molecule has 2 heterocycles. The molecule has 0 aliphatic carbocycles. The normalized spacial score (nSPS) is 13.5. The molecule has 0 aromatic carbocycles.